The molecule has 2 heterocycles. The fourth-order valence-electron chi connectivity index (χ4n) is 3.12. The van der Waals surface area contributed by atoms with Crippen LogP contribution in [0.25, 0.3) is 0 Å². The number of nitrogens with zero attached hydrogens (tertiary/aromatic N) is 3. The summed E-state index contributed by atoms with van der Waals surface area (Å²) in [7, 11) is 4.98. The van der Waals surface area contributed by atoms with E-state index in [1.165, 1.54) is 10.5 Å². The van der Waals surface area contributed by atoms with Gasteiger partial charge in [0.2, 0.25) is 11.6 Å². The van der Waals surface area contributed by atoms with Gasteiger partial charge in [-0.05, 0) is 17.6 Å². The van der Waals surface area contributed by atoms with E-state index in [2.05, 4.69) is 33.2 Å². The summed E-state index contributed by atoms with van der Waals surface area (Å²) in [5, 5.41) is 16.7. The number of phenols is 1. The fraction of sp³-hybridized carbons (Fsp3) is 0.421. The lowest BCUT2D eigenvalue weighted by atomic mass is 9.88. The monoisotopic (exact) mass is 431 g/mol. The highest BCUT2D eigenvalue weighted by atomic mass is 32.2. The second-order valence-electron chi connectivity index (χ2n) is 7.78. The van der Waals surface area contributed by atoms with Crippen LogP contribution in [0.2, 0.25) is 0 Å². The normalized spacial score (nSPS) is 16.3. The Balaban J connectivity index is 1.76. The van der Waals surface area contributed by atoms with Gasteiger partial charge in [0.15, 0.2) is 16.9 Å². The number of carbonyl (C=O) groups excluding carboxylic acids is 1. The maximum atomic E-state index is 12.4. The van der Waals surface area contributed by atoms with Gasteiger partial charge in [-0.2, -0.15) is 0 Å². The van der Waals surface area contributed by atoms with Crippen LogP contribution < -0.4 is 16.1 Å². The molecular formula is C19H26BN5O4S. The van der Waals surface area contributed by atoms with E-state index >= 15 is 0 Å². The largest absolute Gasteiger partial charge is 0.546 e. The first kappa shape index (κ1) is 21.9. The van der Waals surface area contributed by atoms with Crippen LogP contribution in [-0.2, 0) is 4.74 Å². The second kappa shape index (κ2) is 8.92. The molecule has 2 unspecified atom stereocenters. The maximum absolute atomic E-state index is 12.4. The van der Waals surface area contributed by atoms with Gasteiger partial charge in [0.1, 0.15) is 14.0 Å². The van der Waals surface area contributed by atoms with Crippen molar-refractivity contribution in [1.29, 1.82) is 0 Å². The van der Waals surface area contributed by atoms with Crippen molar-refractivity contribution in [3.05, 3.63) is 29.5 Å². The predicted octanol–water partition coefficient (Wildman–Crippen LogP) is 1.35. The summed E-state index contributed by atoms with van der Waals surface area (Å²) in [5.41, 5.74) is 2.36. The highest BCUT2D eigenvalue weighted by Crippen LogP contribution is 2.33. The van der Waals surface area contributed by atoms with Gasteiger partial charge in [-0.1, -0.05) is 25.4 Å². The van der Waals surface area contributed by atoms with Crippen LogP contribution in [0.3, 0.4) is 0 Å². The average molecular weight is 431 g/mol. The Morgan fingerprint density at radius 1 is 1.40 bits per heavy atom. The molecule has 1 amide bonds. The Hall–Kier alpha value is -2.79. The quantitative estimate of drug-likeness (QED) is 0.341. The second-order valence-corrected chi connectivity index (χ2v) is 8.61. The van der Waals surface area contributed by atoms with E-state index in [-0.39, 0.29) is 34.8 Å². The first-order valence-corrected chi connectivity index (χ1v) is 10.7. The molecule has 160 valence electrons. The molecule has 1 aromatic carbocycles. The number of phenolic OH excluding ortho intramolecular Hbond substituents is 1. The SMILES string of the molecule is Bc1ccc(Nc2n[s+]([O-])nc2NCC2CC(C(C)C)=CO2)c(O)c1C(=O)N(C)C. The highest BCUT2D eigenvalue weighted by Gasteiger charge is 2.24. The van der Waals surface area contributed by atoms with Crippen LogP contribution in [0.5, 0.6) is 5.75 Å². The molecule has 9 nitrogen and oxygen atoms in total. The molecule has 3 rings (SSSR count). The smallest absolute Gasteiger partial charge is 0.256 e. The van der Waals surface area contributed by atoms with E-state index in [0.29, 0.717) is 23.7 Å². The van der Waals surface area contributed by atoms with Crippen molar-refractivity contribution in [2.24, 2.45) is 5.92 Å². The van der Waals surface area contributed by atoms with Crippen molar-refractivity contribution in [3.8, 4) is 5.75 Å². The average Bonchev–Trinajstić information content (AvgIpc) is 3.28. The predicted molar refractivity (Wildman–Crippen MR) is 119 cm³/mol. The summed E-state index contributed by atoms with van der Waals surface area (Å²) in [6.45, 7) is 4.70. The van der Waals surface area contributed by atoms with Crippen molar-refractivity contribution in [1.82, 2.24) is 13.6 Å². The molecule has 0 aliphatic carbocycles. The molecule has 2 atom stereocenters. The first-order valence-electron chi connectivity index (χ1n) is 9.66. The lowest BCUT2D eigenvalue weighted by Gasteiger charge is -2.16. The van der Waals surface area contributed by atoms with E-state index < -0.39 is 11.1 Å². The Bertz CT molecular complexity index is 976. The zero-order valence-corrected chi connectivity index (χ0v) is 18.5. The molecule has 0 spiro atoms. The number of hydrogen-bond acceptors (Lipinski definition) is 8. The highest BCUT2D eigenvalue weighted by molar-refractivity contribution is 7.14. The molecule has 0 fully saturated rings. The summed E-state index contributed by atoms with van der Waals surface area (Å²) < 4.78 is 25.5. The Labute approximate surface area is 179 Å². The van der Waals surface area contributed by atoms with Gasteiger partial charge in [0.05, 0.1) is 24.1 Å². The number of hydrogen-bond donors (Lipinski definition) is 3. The van der Waals surface area contributed by atoms with Gasteiger partial charge in [0.25, 0.3) is 5.91 Å². The molecule has 0 saturated carbocycles. The van der Waals surface area contributed by atoms with Gasteiger partial charge in [0, 0.05) is 29.3 Å². The molecule has 1 aromatic heterocycles. The minimum absolute atomic E-state index is 0.0440. The molecule has 30 heavy (non-hydrogen) atoms. The molecule has 11 heteroatoms. The minimum Gasteiger partial charge on any atom is -0.546 e. The minimum atomic E-state index is -1.77. The lowest BCUT2D eigenvalue weighted by Crippen LogP contribution is -2.28. The Kier molecular flexibility index (Phi) is 6.52. The standard InChI is InChI=1S/C19H26BN5O4S/c1-10(2)11-7-12(29-9-11)8-21-17-18(24-30(28)23-17)22-14-6-5-13(20)15(16(14)26)19(27)25(3)4/h5-6,9-10,12,26H,7-8,20H2,1-4H3,(H,21,23)(H,22,24). The van der Waals surface area contributed by atoms with E-state index in [9.17, 15) is 14.5 Å². The van der Waals surface area contributed by atoms with Gasteiger partial charge in [-0.15, -0.1) is 0 Å². The Morgan fingerprint density at radius 2 is 2.10 bits per heavy atom. The third kappa shape index (κ3) is 4.68. The summed E-state index contributed by atoms with van der Waals surface area (Å²) in [6.07, 6.45) is 2.57. The van der Waals surface area contributed by atoms with Crippen molar-refractivity contribution in [3.63, 3.8) is 0 Å². The number of aromatic nitrogens is 2. The number of anilines is 3. The zero-order chi connectivity index (χ0) is 22.0. The molecule has 0 bridgehead atoms. The molecule has 2 aromatic rings. The number of aromatic hydroxyl groups is 1. The van der Waals surface area contributed by atoms with Crippen LogP contribution in [-0.4, -0.2) is 63.8 Å². The van der Waals surface area contributed by atoms with E-state index in [1.54, 1.807) is 40.3 Å². The van der Waals surface area contributed by atoms with Gasteiger partial charge >= 0.3 is 0 Å². The lowest BCUT2D eigenvalue weighted by molar-refractivity contribution is 0.0826. The molecule has 1 aliphatic rings. The number of benzene rings is 1. The van der Waals surface area contributed by atoms with E-state index in [1.807, 2.05) is 0 Å². The first-order chi connectivity index (χ1) is 14.2. The maximum Gasteiger partial charge on any atom is 0.256 e. The summed E-state index contributed by atoms with van der Waals surface area (Å²) in [4.78, 5) is 13.8. The van der Waals surface area contributed by atoms with Crippen LogP contribution in [0.15, 0.2) is 24.0 Å². The van der Waals surface area contributed by atoms with Crippen molar-refractivity contribution >= 4 is 47.7 Å². The third-order valence-corrected chi connectivity index (χ3v) is 5.61. The van der Waals surface area contributed by atoms with Crippen molar-refractivity contribution in [2.75, 3.05) is 31.3 Å². The fourth-order valence-corrected chi connectivity index (χ4v) is 3.76. The number of rotatable bonds is 7. The summed E-state index contributed by atoms with van der Waals surface area (Å²) >= 11 is -1.77. The number of ether oxygens (including phenoxy) is 1. The van der Waals surface area contributed by atoms with Crippen LogP contribution in [0.4, 0.5) is 17.3 Å². The zero-order valence-electron chi connectivity index (χ0n) is 17.7. The molecule has 1 aliphatic heterocycles. The molecular weight excluding hydrogens is 405 g/mol. The van der Waals surface area contributed by atoms with Crippen molar-refractivity contribution < 1.29 is 19.2 Å². The van der Waals surface area contributed by atoms with E-state index in [4.69, 9.17) is 4.74 Å². The Morgan fingerprint density at radius 3 is 2.73 bits per heavy atom. The van der Waals surface area contributed by atoms with E-state index in [0.717, 1.165) is 6.42 Å². The van der Waals surface area contributed by atoms with Crippen molar-refractivity contribution in [2.45, 2.75) is 26.4 Å². The van der Waals surface area contributed by atoms with Gasteiger partial charge in [-0.3, -0.25) is 4.79 Å². The topological polar surface area (TPSA) is 123 Å². The molecule has 0 saturated heterocycles. The molecule has 0 radical (unpaired) electrons. The van der Waals surface area contributed by atoms with Crippen LogP contribution >= 0.6 is 11.1 Å². The number of nitrogens with one attached hydrogen (secondary N) is 2. The van der Waals surface area contributed by atoms with Crippen LogP contribution in [0.1, 0.15) is 30.6 Å². The van der Waals surface area contributed by atoms with Gasteiger partial charge in [-0.25, -0.2) is 0 Å². The third-order valence-electron chi connectivity index (χ3n) is 4.94. The van der Waals surface area contributed by atoms with Crippen LogP contribution in [0, 0.1) is 5.92 Å². The summed E-state index contributed by atoms with van der Waals surface area (Å²) in [6, 6.07) is 3.36. The number of carbonyl (C=O) groups is 1. The van der Waals surface area contributed by atoms with Gasteiger partial charge < -0.3 is 29.9 Å². The molecule has 3 N–H and O–H groups in total. The summed E-state index contributed by atoms with van der Waals surface area (Å²) in [5.74, 6) is 0.456. The number of amides is 1.